The Morgan fingerprint density at radius 1 is 1.47 bits per heavy atom. The molecule has 2 aromatic rings. The highest BCUT2D eigenvalue weighted by Crippen LogP contribution is 2.24. The second kappa shape index (κ2) is 5.23. The van der Waals surface area contributed by atoms with Gasteiger partial charge in [-0.25, -0.2) is 4.39 Å². The molecular formula is C12H13FN2OS. The van der Waals surface area contributed by atoms with Gasteiger partial charge in [-0.15, -0.1) is 11.8 Å². The third-order valence-electron chi connectivity index (χ3n) is 2.33. The summed E-state index contributed by atoms with van der Waals surface area (Å²) in [5.41, 5.74) is 0.736. The number of hydrogen-bond acceptors (Lipinski definition) is 3. The van der Waals surface area contributed by atoms with Gasteiger partial charge in [-0.3, -0.25) is 0 Å². The summed E-state index contributed by atoms with van der Waals surface area (Å²) in [6.45, 7) is 1.94. The van der Waals surface area contributed by atoms with Crippen molar-refractivity contribution in [3.63, 3.8) is 0 Å². The van der Waals surface area contributed by atoms with Crippen LogP contribution in [0.4, 0.5) is 4.39 Å². The van der Waals surface area contributed by atoms with E-state index in [1.54, 1.807) is 6.07 Å². The first-order chi connectivity index (χ1) is 8.19. The number of H-pyrrole nitrogens is 1. The third-order valence-corrected chi connectivity index (χ3v) is 3.34. The number of hydrogen-bond donors (Lipinski definition) is 2. The van der Waals surface area contributed by atoms with E-state index in [9.17, 15) is 9.50 Å². The number of aromatic nitrogens is 2. The van der Waals surface area contributed by atoms with Gasteiger partial charge in [0.2, 0.25) is 5.88 Å². The number of nitrogens with zero attached hydrogens (tertiary/aromatic N) is 1. The molecule has 0 aliphatic carbocycles. The Morgan fingerprint density at radius 3 is 2.94 bits per heavy atom. The quantitative estimate of drug-likeness (QED) is 0.822. The molecule has 0 saturated carbocycles. The molecule has 90 valence electrons. The van der Waals surface area contributed by atoms with Gasteiger partial charge in [0.25, 0.3) is 0 Å². The molecule has 0 aliphatic rings. The van der Waals surface area contributed by atoms with E-state index >= 15 is 0 Å². The van der Waals surface area contributed by atoms with Crippen molar-refractivity contribution >= 4 is 11.8 Å². The summed E-state index contributed by atoms with van der Waals surface area (Å²) >= 11 is 1.48. The van der Waals surface area contributed by atoms with Gasteiger partial charge in [0.1, 0.15) is 11.6 Å². The highest BCUT2D eigenvalue weighted by Gasteiger charge is 2.07. The zero-order valence-corrected chi connectivity index (χ0v) is 10.2. The fourth-order valence-corrected chi connectivity index (χ4v) is 2.29. The maximum atomic E-state index is 12.9. The predicted octanol–water partition coefficient (Wildman–Crippen LogP) is 3.11. The second-order valence-corrected chi connectivity index (χ2v) is 4.63. The number of nitrogens with one attached hydrogen (secondary N) is 1. The number of aromatic hydroxyl groups is 1. The van der Waals surface area contributed by atoms with Crippen LogP contribution in [0, 0.1) is 5.82 Å². The third kappa shape index (κ3) is 3.00. The number of aromatic amines is 1. The summed E-state index contributed by atoms with van der Waals surface area (Å²) in [6.07, 6.45) is 0.712. The van der Waals surface area contributed by atoms with E-state index < -0.39 is 0 Å². The van der Waals surface area contributed by atoms with E-state index in [1.807, 2.05) is 13.0 Å². The van der Waals surface area contributed by atoms with Gasteiger partial charge < -0.3 is 10.1 Å². The van der Waals surface area contributed by atoms with E-state index in [1.165, 1.54) is 23.9 Å². The molecule has 0 amide bonds. The van der Waals surface area contributed by atoms with Crippen LogP contribution in [-0.2, 0) is 12.2 Å². The van der Waals surface area contributed by atoms with Crippen LogP contribution in [0.1, 0.15) is 18.4 Å². The minimum absolute atomic E-state index is 0.0577. The van der Waals surface area contributed by atoms with E-state index in [0.29, 0.717) is 18.0 Å². The Labute approximate surface area is 103 Å². The van der Waals surface area contributed by atoms with Crippen LogP contribution in [0.2, 0.25) is 0 Å². The minimum Gasteiger partial charge on any atom is -0.492 e. The molecule has 1 aromatic heterocycles. The van der Waals surface area contributed by atoms with Crippen molar-refractivity contribution in [2.24, 2.45) is 0 Å². The van der Waals surface area contributed by atoms with E-state index in [-0.39, 0.29) is 11.7 Å². The largest absolute Gasteiger partial charge is 0.492 e. The molecule has 1 heterocycles. The Morgan fingerprint density at radius 2 is 2.29 bits per heavy atom. The molecule has 2 N–H and O–H groups in total. The van der Waals surface area contributed by atoms with E-state index in [2.05, 4.69) is 9.97 Å². The summed E-state index contributed by atoms with van der Waals surface area (Å²) in [5.74, 6) is 1.10. The number of imidazole rings is 1. The van der Waals surface area contributed by atoms with Crippen molar-refractivity contribution in [3.8, 4) is 5.88 Å². The Bertz CT molecular complexity index is 513. The van der Waals surface area contributed by atoms with Crippen molar-refractivity contribution in [2.75, 3.05) is 0 Å². The molecule has 0 radical (unpaired) electrons. The standard InChI is InChI=1S/C12H13FN2OS/c1-2-10-12(16)15-11(14-10)7-17-9-5-3-4-8(13)6-9/h3-6,16H,2,7H2,1H3,(H,14,15). The Hall–Kier alpha value is -1.49. The Balaban J connectivity index is 2.02. The number of aryl methyl sites for hydroxylation is 1. The summed E-state index contributed by atoms with van der Waals surface area (Å²) in [6, 6.07) is 6.41. The number of rotatable bonds is 4. The maximum Gasteiger partial charge on any atom is 0.232 e. The molecule has 17 heavy (non-hydrogen) atoms. The van der Waals surface area contributed by atoms with Crippen LogP contribution >= 0.6 is 11.8 Å². The van der Waals surface area contributed by atoms with E-state index in [0.717, 1.165) is 10.6 Å². The first-order valence-electron chi connectivity index (χ1n) is 5.34. The fourth-order valence-electron chi connectivity index (χ4n) is 1.48. The van der Waals surface area contributed by atoms with Gasteiger partial charge in [0.15, 0.2) is 0 Å². The Kier molecular flexibility index (Phi) is 3.68. The zero-order valence-electron chi connectivity index (χ0n) is 9.40. The molecular weight excluding hydrogens is 239 g/mol. The van der Waals surface area contributed by atoms with Crippen LogP contribution < -0.4 is 0 Å². The van der Waals surface area contributed by atoms with Crippen molar-refractivity contribution in [1.82, 2.24) is 9.97 Å². The lowest BCUT2D eigenvalue weighted by atomic mass is 10.4. The number of thioether (sulfide) groups is 1. The van der Waals surface area contributed by atoms with Crippen LogP contribution in [-0.4, -0.2) is 15.1 Å². The van der Waals surface area contributed by atoms with Gasteiger partial charge >= 0.3 is 0 Å². The monoisotopic (exact) mass is 252 g/mol. The molecule has 0 atom stereocenters. The first kappa shape index (κ1) is 12.0. The second-order valence-electron chi connectivity index (χ2n) is 3.59. The molecule has 0 saturated heterocycles. The molecule has 0 unspecified atom stereocenters. The lowest BCUT2D eigenvalue weighted by molar-refractivity contribution is 0.449. The molecule has 0 spiro atoms. The van der Waals surface area contributed by atoms with Gasteiger partial charge in [-0.1, -0.05) is 13.0 Å². The van der Waals surface area contributed by atoms with Gasteiger partial charge in [-0.05, 0) is 24.6 Å². The molecule has 0 fully saturated rings. The number of halogens is 1. The molecule has 5 heteroatoms. The minimum atomic E-state index is -0.244. The molecule has 0 aliphatic heterocycles. The van der Waals surface area contributed by atoms with Crippen molar-refractivity contribution in [2.45, 2.75) is 24.0 Å². The van der Waals surface area contributed by atoms with Crippen LogP contribution in [0.5, 0.6) is 5.88 Å². The smallest absolute Gasteiger partial charge is 0.232 e. The van der Waals surface area contributed by atoms with E-state index in [4.69, 9.17) is 0 Å². The lowest BCUT2D eigenvalue weighted by Crippen LogP contribution is -1.85. The zero-order chi connectivity index (χ0) is 12.3. The van der Waals surface area contributed by atoms with Gasteiger partial charge in [0, 0.05) is 4.90 Å². The van der Waals surface area contributed by atoms with Crippen LogP contribution in [0.3, 0.4) is 0 Å². The molecule has 2 rings (SSSR count). The highest BCUT2D eigenvalue weighted by molar-refractivity contribution is 7.98. The molecule has 0 bridgehead atoms. The van der Waals surface area contributed by atoms with Crippen LogP contribution in [0.25, 0.3) is 0 Å². The molecule has 1 aromatic carbocycles. The topological polar surface area (TPSA) is 48.9 Å². The predicted molar refractivity (Wildman–Crippen MR) is 65.6 cm³/mol. The van der Waals surface area contributed by atoms with Crippen molar-refractivity contribution in [1.29, 1.82) is 0 Å². The summed E-state index contributed by atoms with van der Waals surface area (Å²) < 4.78 is 12.9. The highest BCUT2D eigenvalue weighted by atomic mass is 32.2. The average Bonchev–Trinajstić information content (AvgIpc) is 2.67. The van der Waals surface area contributed by atoms with Gasteiger partial charge in [0.05, 0.1) is 11.4 Å². The maximum absolute atomic E-state index is 12.9. The molecule has 3 nitrogen and oxygen atoms in total. The number of benzene rings is 1. The average molecular weight is 252 g/mol. The fraction of sp³-hybridized carbons (Fsp3) is 0.250. The van der Waals surface area contributed by atoms with Crippen molar-refractivity contribution < 1.29 is 9.50 Å². The first-order valence-corrected chi connectivity index (χ1v) is 6.32. The normalized spacial score (nSPS) is 10.7. The van der Waals surface area contributed by atoms with Crippen LogP contribution in [0.15, 0.2) is 29.2 Å². The van der Waals surface area contributed by atoms with Gasteiger partial charge in [-0.2, -0.15) is 4.98 Å². The van der Waals surface area contributed by atoms with Crippen molar-refractivity contribution in [3.05, 3.63) is 41.6 Å². The lowest BCUT2D eigenvalue weighted by Gasteiger charge is -1.99. The SMILES string of the molecule is CCc1[nH]c(CSc2cccc(F)c2)nc1O. The summed E-state index contributed by atoms with van der Waals surface area (Å²) in [4.78, 5) is 7.89. The summed E-state index contributed by atoms with van der Waals surface area (Å²) in [5, 5.41) is 9.46. The summed E-state index contributed by atoms with van der Waals surface area (Å²) in [7, 11) is 0.